The van der Waals surface area contributed by atoms with Gasteiger partial charge in [0, 0.05) is 17.5 Å². The molecule has 1 N–H and O–H groups in total. The van der Waals surface area contributed by atoms with Crippen molar-refractivity contribution in [2.75, 3.05) is 37.9 Å². The summed E-state index contributed by atoms with van der Waals surface area (Å²) in [5.41, 5.74) is 1.05. The lowest BCUT2D eigenvalue weighted by Gasteiger charge is -2.32. The van der Waals surface area contributed by atoms with E-state index in [0.717, 1.165) is 24.8 Å². The molecule has 2 fully saturated rings. The van der Waals surface area contributed by atoms with Crippen LogP contribution in [-0.4, -0.2) is 108 Å². The van der Waals surface area contributed by atoms with Crippen LogP contribution < -0.4 is 5.32 Å². The van der Waals surface area contributed by atoms with Gasteiger partial charge in [0.25, 0.3) is 5.09 Å². The number of rotatable bonds is 21. The van der Waals surface area contributed by atoms with Gasteiger partial charge in [-0.15, -0.1) is 10.1 Å². The van der Waals surface area contributed by atoms with Crippen LogP contribution in [0.3, 0.4) is 0 Å². The Kier molecular flexibility index (Phi) is 17.4. The fraction of sp³-hybridized carbons (Fsp3) is 0.656. The van der Waals surface area contributed by atoms with Crippen LogP contribution in [0.1, 0.15) is 58.4 Å². The first-order chi connectivity index (χ1) is 24.0. The van der Waals surface area contributed by atoms with E-state index in [1.54, 1.807) is 18.7 Å². The van der Waals surface area contributed by atoms with Gasteiger partial charge >= 0.3 is 24.1 Å². The van der Waals surface area contributed by atoms with Crippen molar-refractivity contribution in [3.63, 3.8) is 0 Å². The second kappa shape index (κ2) is 21.4. The summed E-state index contributed by atoms with van der Waals surface area (Å²) in [6.45, 7) is 4.20. The number of benzene rings is 1. The summed E-state index contributed by atoms with van der Waals surface area (Å²) in [5.74, 6) is -1.24. The third-order valence-corrected chi connectivity index (χ3v) is 10.4. The topological polar surface area (TPSA) is 199 Å². The second-order valence-corrected chi connectivity index (χ2v) is 14.3. The van der Waals surface area contributed by atoms with Crippen molar-refractivity contribution in [1.82, 2.24) is 10.2 Å². The average molecular weight is 744 g/mol. The number of carbonyl (C=O) groups is 5. The number of likely N-dealkylation sites (tertiary alicyclic amines) is 1. The van der Waals surface area contributed by atoms with Crippen LogP contribution >= 0.6 is 21.6 Å². The molecule has 50 heavy (non-hydrogen) atoms. The summed E-state index contributed by atoms with van der Waals surface area (Å²) in [6, 6.07) is 7.22. The molecule has 278 valence electrons. The van der Waals surface area contributed by atoms with Gasteiger partial charge in [-0.25, -0.2) is 14.4 Å². The van der Waals surface area contributed by atoms with Crippen molar-refractivity contribution < 1.29 is 57.6 Å². The molecule has 1 amide bonds. The van der Waals surface area contributed by atoms with E-state index >= 15 is 0 Å². The number of nitrogens with zero attached hydrogens (tertiary/aromatic N) is 2. The summed E-state index contributed by atoms with van der Waals surface area (Å²) in [7, 11) is 2.68. The third kappa shape index (κ3) is 13.5. The molecule has 6 atom stereocenters. The molecule has 2 aliphatic rings. The van der Waals surface area contributed by atoms with Crippen LogP contribution in [0.5, 0.6) is 0 Å². The SMILES string of the molecule is CCOC(=O)[C@H](CCc1ccccc1)N[C@@H](C)C(=O)N1[C@H](C(=O)OCC(=O)OCCSSCCOC(=O)OC(C)O[N+](=O)[O-])C[C@@H]2CCC[C@@H]21. The van der Waals surface area contributed by atoms with Crippen LogP contribution in [0.25, 0.3) is 0 Å². The van der Waals surface area contributed by atoms with Crippen molar-refractivity contribution >= 4 is 51.6 Å². The monoisotopic (exact) mass is 743 g/mol. The highest BCUT2D eigenvalue weighted by Gasteiger charge is 2.50. The maximum Gasteiger partial charge on any atom is 0.510 e. The number of hydrogen-bond acceptors (Lipinski definition) is 16. The predicted molar refractivity (Wildman–Crippen MR) is 181 cm³/mol. The van der Waals surface area contributed by atoms with E-state index in [0.29, 0.717) is 30.8 Å². The van der Waals surface area contributed by atoms with Gasteiger partial charge in [-0.05, 0) is 64.4 Å². The van der Waals surface area contributed by atoms with Gasteiger partial charge < -0.3 is 28.6 Å². The first-order valence-corrected chi connectivity index (χ1v) is 19.0. The normalized spacial score (nSPS) is 19.7. The van der Waals surface area contributed by atoms with Gasteiger partial charge in [-0.1, -0.05) is 58.3 Å². The molecule has 1 unspecified atom stereocenters. The van der Waals surface area contributed by atoms with Gasteiger partial charge in [0.2, 0.25) is 12.2 Å². The van der Waals surface area contributed by atoms with E-state index in [2.05, 4.69) is 14.9 Å². The fourth-order valence-corrected chi connectivity index (χ4v) is 7.58. The molecular weight excluding hydrogens is 698 g/mol. The summed E-state index contributed by atoms with van der Waals surface area (Å²) < 4.78 is 25.0. The molecule has 0 spiro atoms. The molecule has 0 aromatic heterocycles. The zero-order valence-corrected chi connectivity index (χ0v) is 30.0. The molecule has 3 rings (SSSR count). The minimum Gasteiger partial charge on any atom is -0.465 e. The molecule has 1 aromatic rings. The number of ether oxygens (including phenoxy) is 5. The molecule has 0 bridgehead atoms. The lowest BCUT2D eigenvalue weighted by atomic mass is 10.0. The van der Waals surface area contributed by atoms with E-state index in [-0.39, 0.29) is 37.7 Å². The number of carbonyl (C=O) groups excluding carboxylic acids is 5. The zero-order valence-electron chi connectivity index (χ0n) is 28.4. The zero-order chi connectivity index (χ0) is 36.5. The first kappa shape index (κ1) is 40.7. The highest BCUT2D eigenvalue weighted by atomic mass is 33.1. The van der Waals surface area contributed by atoms with Crippen LogP contribution in [-0.2, 0) is 54.1 Å². The Morgan fingerprint density at radius 2 is 1.70 bits per heavy atom. The number of esters is 3. The van der Waals surface area contributed by atoms with E-state index < -0.39 is 60.2 Å². The van der Waals surface area contributed by atoms with E-state index in [1.165, 1.54) is 28.5 Å². The molecule has 1 heterocycles. The minimum absolute atomic E-state index is 0.0189. The van der Waals surface area contributed by atoms with Crippen LogP contribution in [0.2, 0.25) is 0 Å². The van der Waals surface area contributed by atoms with Gasteiger partial charge in [0.15, 0.2) is 6.61 Å². The number of hydrogen-bond donors (Lipinski definition) is 1. The predicted octanol–water partition coefficient (Wildman–Crippen LogP) is 3.47. The highest BCUT2D eigenvalue weighted by molar-refractivity contribution is 8.76. The molecule has 1 aliphatic heterocycles. The summed E-state index contributed by atoms with van der Waals surface area (Å²) in [4.78, 5) is 79.4. The molecule has 18 heteroatoms. The maximum absolute atomic E-state index is 13.9. The van der Waals surface area contributed by atoms with E-state index in [1.807, 2.05) is 30.3 Å². The Balaban J connectivity index is 1.41. The quantitative estimate of drug-likeness (QED) is 0.0365. The molecular formula is C32H45N3O13S2. The van der Waals surface area contributed by atoms with Crippen LogP contribution in [0.4, 0.5) is 4.79 Å². The van der Waals surface area contributed by atoms with E-state index in [9.17, 15) is 34.1 Å². The lowest BCUT2D eigenvalue weighted by Crippen LogP contribution is -2.55. The Bertz CT molecular complexity index is 1290. The molecule has 1 aromatic carbocycles. The van der Waals surface area contributed by atoms with Crippen LogP contribution in [0, 0.1) is 16.0 Å². The fourth-order valence-electron chi connectivity index (χ4n) is 5.93. The molecule has 1 saturated heterocycles. The van der Waals surface area contributed by atoms with Gasteiger partial charge in [-0.3, -0.25) is 19.7 Å². The number of fused-ring (bicyclic) bond motifs is 1. The lowest BCUT2D eigenvalue weighted by molar-refractivity contribution is -0.777. The second-order valence-electron chi connectivity index (χ2n) is 11.6. The first-order valence-electron chi connectivity index (χ1n) is 16.5. The Morgan fingerprint density at radius 3 is 2.38 bits per heavy atom. The van der Waals surface area contributed by atoms with Crippen molar-refractivity contribution in [2.24, 2.45) is 5.92 Å². The smallest absolute Gasteiger partial charge is 0.465 e. The third-order valence-electron chi connectivity index (χ3n) is 8.05. The van der Waals surface area contributed by atoms with E-state index in [4.69, 9.17) is 18.9 Å². The Hall–Kier alpha value is -3.77. The summed E-state index contributed by atoms with van der Waals surface area (Å²) in [5, 5.41) is 12.3. The summed E-state index contributed by atoms with van der Waals surface area (Å²) in [6.07, 6.45) is 1.54. The highest BCUT2D eigenvalue weighted by Crippen LogP contribution is 2.42. The Morgan fingerprint density at radius 1 is 1.00 bits per heavy atom. The number of aryl methyl sites for hydroxylation is 1. The largest absolute Gasteiger partial charge is 0.510 e. The molecule has 1 saturated carbocycles. The average Bonchev–Trinajstić information content (AvgIpc) is 3.68. The van der Waals surface area contributed by atoms with Crippen molar-refractivity contribution in [3.05, 3.63) is 46.0 Å². The minimum atomic E-state index is -1.40. The molecule has 1 aliphatic carbocycles. The van der Waals surface area contributed by atoms with Crippen molar-refractivity contribution in [3.8, 4) is 0 Å². The van der Waals surface area contributed by atoms with Gasteiger partial charge in [-0.2, -0.15) is 0 Å². The molecule has 16 nitrogen and oxygen atoms in total. The van der Waals surface area contributed by atoms with Crippen LogP contribution in [0.15, 0.2) is 30.3 Å². The van der Waals surface area contributed by atoms with Crippen molar-refractivity contribution in [1.29, 1.82) is 0 Å². The summed E-state index contributed by atoms with van der Waals surface area (Å²) >= 11 is 0. The van der Waals surface area contributed by atoms with Crippen molar-refractivity contribution in [2.45, 2.75) is 89.8 Å². The maximum atomic E-state index is 13.9. The van der Waals surface area contributed by atoms with Gasteiger partial charge in [0.05, 0.1) is 12.6 Å². The Labute approximate surface area is 298 Å². The van der Waals surface area contributed by atoms with Gasteiger partial charge in [0.1, 0.15) is 25.3 Å². The number of nitrogens with one attached hydrogen (secondary N) is 1. The molecule has 0 radical (unpaired) electrons. The standard InChI is InChI=1S/C32H45N3O13S2/c1-4-43-30(38)25(14-13-23-9-6-5-7-10-23)33-21(2)29(37)34-26-12-8-11-24(26)19-27(34)31(39)46-20-28(36)44-15-17-49-50-18-16-45-32(40)47-22(3)48-35(41)42/h5-7,9-10,21-22,24-27,33H,4,8,11-20H2,1-3H3/t21-,22?,24-,25-,26-,27-/m0/s1. The number of amides is 1.